The molecule has 101 heavy (non-hydrogen) atoms. The van der Waals surface area contributed by atoms with Gasteiger partial charge < -0.3 is 72.8 Å². The van der Waals surface area contributed by atoms with Crippen molar-refractivity contribution in [1.29, 1.82) is 0 Å². The molecule has 0 spiro atoms. The van der Waals surface area contributed by atoms with E-state index in [-0.39, 0.29) is 66.1 Å². The van der Waals surface area contributed by atoms with Crippen LogP contribution in [-0.2, 0) is 124 Å². The van der Waals surface area contributed by atoms with Crippen molar-refractivity contribution in [3.05, 3.63) is 298 Å². The molecule has 2 saturated heterocycles. The SMILES string of the molecule is CC(O[C@H]1O[C@H](COCc2ccccc2)[C@H](OCc2ccccc2)[C@H](O[C@@H]2O[C@H](COCc3ccccc3)[C@H](OCc3ccccc3)[C@H](OCc3ccccc3)[C@H]2OCc2ccccc2)[C@H]1N=[N+]=[N-])[C@H](NC(=O)[C@H](C)NC(=O)OCc1ccccc1)C(=O)N[C@@H](C)C(=O)OCc1ccccc1. The lowest BCUT2D eigenvalue weighted by Gasteiger charge is -2.50. The first-order valence-electron chi connectivity index (χ1n) is 33.7. The van der Waals surface area contributed by atoms with Gasteiger partial charge in [0.25, 0.3) is 0 Å². The summed E-state index contributed by atoms with van der Waals surface area (Å²) in [5, 5.41) is 12.3. The topological polar surface area (TPSA) is 264 Å². The number of nitrogens with one attached hydrogen (secondary N) is 3. The number of ether oxygens (including phenoxy) is 12. The average Bonchev–Trinajstić information content (AvgIpc) is 0.767. The summed E-state index contributed by atoms with van der Waals surface area (Å²) >= 11 is 0. The Morgan fingerprint density at radius 1 is 0.406 bits per heavy atom. The van der Waals surface area contributed by atoms with Gasteiger partial charge in [-0.15, -0.1) is 0 Å². The fraction of sp³-hybridized carbons (Fsp3) is 0.342. The first-order chi connectivity index (χ1) is 49.4. The Kier molecular flexibility index (Phi) is 28.9. The number of amides is 3. The molecule has 0 radical (unpaired) electrons. The number of carbonyl (C=O) groups is 4. The summed E-state index contributed by atoms with van der Waals surface area (Å²) in [5.74, 6) is -2.52. The Balaban J connectivity index is 1.03. The number of carbonyl (C=O) groups excluding carboxylic acids is 4. The molecule has 22 heteroatoms. The van der Waals surface area contributed by atoms with Crippen LogP contribution in [0, 0.1) is 0 Å². The van der Waals surface area contributed by atoms with E-state index in [4.69, 9.17) is 56.8 Å². The molecule has 0 bridgehead atoms. The van der Waals surface area contributed by atoms with Gasteiger partial charge in [-0.1, -0.05) is 248 Å². The highest BCUT2D eigenvalue weighted by molar-refractivity contribution is 5.93. The average molecular weight is 1380 g/mol. The maximum atomic E-state index is 14.9. The third kappa shape index (κ3) is 22.9. The van der Waals surface area contributed by atoms with Gasteiger partial charge in [0.1, 0.15) is 80.1 Å². The van der Waals surface area contributed by atoms with Crippen molar-refractivity contribution in [1.82, 2.24) is 16.0 Å². The molecule has 0 aromatic heterocycles. The van der Waals surface area contributed by atoms with E-state index >= 15 is 0 Å². The minimum absolute atomic E-state index is 0.00525. The van der Waals surface area contributed by atoms with Crippen molar-refractivity contribution >= 4 is 23.9 Å². The number of rotatable bonds is 36. The number of esters is 1. The van der Waals surface area contributed by atoms with Crippen LogP contribution in [0.25, 0.3) is 10.4 Å². The van der Waals surface area contributed by atoms with Gasteiger partial charge in [0, 0.05) is 4.91 Å². The van der Waals surface area contributed by atoms with Crippen LogP contribution in [0.1, 0.15) is 65.3 Å². The molecule has 528 valence electrons. The van der Waals surface area contributed by atoms with E-state index in [0.29, 0.717) is 11.1 Å². The fourth-order valence-electron chi connectivity index (χ4n) is 11.5. The molecule has 10 rings (SSSR count). The maximum absolute atomic E-state index is 14.9. The molecule has 3 amide bonds. The minimum atomic E-state index is -1.67. The zero-order valence-electron chi connectivity index (χ0n) is 56.6. The third-order valence-electron chi connectivity index (χ3n) is 16.9. The first kappa shape index (κ1) is 74.1. The quantitative estimate of drug-likeness (QED) is 0.0143. The molecule has 2 aliphatic rings. The Morgan fingerprint density at radius 3 is 1.18 bits per heavy atom. The Morgan fingerprint density at radius 2 is 0.762 bits per heavy atom. The van der Waals surface area contributed by atoms with Crippen molar-refractivity contribution in [2.75, 3.05) is 13.2 Å². The predicted molar refractivity (Wildman–Crippen MR) is 373 cm³/mol. The van der Waals surface area contributed by atoms with Crippen LogP contribution in [-0.4, -0.2) is 123 Å². The monoisotopic (exact) mass is 1370 g/mol. The molecule has 1 unspecified atom stereocenters. The van der Waals surface area contributed by atoms with Crippen molar-refractivity contribution < 1.29 is 76.0 Å². The lowest BCUT2D eigenvalue weighted by molar-refractivity contribution is -0.363. The number of azide groups is 1. The lowest BCUT2D eigenvalue weighted by Crippen LogP contribution is -2.66. The summed E-state index contributed by atoms with van der Waals surface area (Å²) in [4.78, 5) is 59.6. The number of alkyl carbamates (subject to hydrolysis) is 1. The second-order valence-electron chi connectivity index (χ2n) is 24.5. The summed E-state index contributed by atoms with van der Waals surface area (Å²) in [6, 6.07) is 69.9. The van der Waals surface area contributed by atoms with Crippen LogP contribution in [0.5, 0.6) is 0 Å². The second-order valence-corrected chi connectivity index (χ2v) is 24.5. The second kappa shape index (κ2) is 39.4. The van der Waals surface area contributed by atoms with Gasteiger partial charge in [0.2, 0.25) is 11.8 Å². The number of hydrogen-bond acceptors (Lipinski definition) is 17. The van der Waals surface area contributed by atoms with Gasteiger partial charge in [-0.05, 0) is 70.8 Å². The molecule has 22 nitrogen and oxygen atoms in total. The van der Waals surface area contributed by atoms with Gasteiger partial charge in [-0.2, -0.15) is 0 Å². The van der Waals surface area contributed by atoms with Crippen LogP contribution >= 0.6 is 0 Å². The predicted octanol–water partition coefficient (Wildman–Crippen LogP) is 11.7. The highest BCUT2D eigenvalue weighted by Crippen LogP contribution is 2.38. The summed E-state index contributed by atoms with van der Waals surface area (Å²) in [6.07, 6.45) is -13.1. The smallest absolute Gasteiger partial charge is 0.408 e. The van der Waals surface area contributed by atoms with Crippen molar-refractivity contribution in [2.24, 2.45) is 5.11 Å². The fourth-order valence-corrected chi connectivity index (χ4v) is 11.5. The van der Waals surface area contributed by atoms with Gasteiger partial charge in [-0.25, -0.2) is 9.59 Å². The summed E-state index contributed by atoms with van der Waals surface area (Å²) in [7, 11) is 0. The summed E-state index contributed by atoms with van der Waals surface area (Å²) in [5.41, 5.74) is 17.4. The molecule has 8 aromatic carbocycles. The first-order valence-corrected chi connectivity index (χ1v) is 33.7. The largest absolute Gasteiger partial charge is 0.459 e. The number of nitrogens with zero attached hydrogens (tertiary/aromatic N) is 3. The van der Waals surface area contributed by atoms with E-state index in [1.54, 1.807) is 48.5 Å². The van der Waals surface area contributed by atoms with E-state index in [0.717, 1.165) is 33.4 Å². The highest BCUT2D eigenvalue weighted by atomic mass is 16.7. The molecule has 2 heterocycles. The molecule has 3 N–H and O–H groups in total. The van der Waals surface area contributed by atoms with E-state index in [1.165, 1.54) is 20.8 Å². The molecule has 2 aliphatic heterocycles. The van der Waals surface area contributed by atoms with Crippen LogP contribution in [0.2, 0.25) is 0 Å². The van der Waals surface area contributed by atoms with Gasteiger partial charge in [0.05, 0.1) is 59.0 Å². The summed E-state index contributed by atoms with van der Waals surface area (Å²) < 4.78 is 81.0. The molecule has 0 saturated carbocycles. The van der Waals surface area contributed by atoms with Crippen molar-refractivity contribution in [3.8, 4) is 0 Å². The Labute approximate surface area is 588 Å². The molecule has 0 aliphatic carbocycles. The molecule has 2 fully saturated rings. The normalized spacial score (nSPS) is 21.5. The van der Waals surface area contributed by atoms with Gasteiger partial charge in [-0.3, -0.25) is 9.59 Å². The zero-order chi connectivity index (χ0) is 70.4. The Hall–Kier alpha value is -9.65. The lowest BCUT2D eigenvalue weighted by atomic mass is 9.95. The van der Waals surface area contributed by atoms with E-state index in [1.807, 2.05) is 194 Å². The van der Waals surface area contributed by atoms with E-state index in [9.17, 15) is 24.7 Å². The van der Waals surface area contributed by atoms with E-state index < -0.39 is 109 Å². The van der Waals surface area contributed by atoms with Crippen molar-refractivity contribution in [3.63, 3.8) is 0 Å². The highest BCUT2D eigenvalue weighted by Gasteiger charge is 2.55. The maximum Gasteiger partial charge on any atom is 0.408 e. The van der Waals surface area contributed by atoms with Gasteiger partial charge >= 0.3 is 12.1 Å². The van der Waals surface area contributed by atoms with Crippen LogP contribution in [0.15, 0.2) is 248 Å². The molecular weight excluding hydrogens is 1290 g/mol. The number of benzene rings is 8. The molecule has 14 atom stereocenters. The molecule has 8 aromatic rings. The minimum Gasteiger partial charge on any atom is -0.459 e. The van der Waals surface area contributed by atoms with Crippen LogP contribution < -0.4 is 16.0 Å². The molecular formula is C79H86N6O16. The zero-order valence-corrected chi connectivity index (χ0v) is 56.6. The number of hydrogen-bond donors (Lipinski definition) is 3. The van der Waals surface area contributed by atoms with Crippen LogP contribution in [0.4, 0.5) is 4.79 Å². The van der Waals surface area contributed by atoms with Gasteiger partial charge in [0.15, 0.2) is 12.6 Å². The van der Waals surface area contributed by atoms with Crippen LogP contribution in [0.3, 0.4) is 0 Å². The Bertz CT molecular complexity index is 3800. The third-order valence-corrected chi connectivity index (χ3v) is 16.9. The summed E-state index contributed by atoms with van der Waals surface area (Å²) in [6.45, 7) is 4.57. The van der Waals surface area contributed by atoms with E-state index in [2.05, 4.69) is 26.0 Å². The van der Waals surface area contributed by atoms with Crippen molar-refractivity contribution in [2.45, 2.75) is 159 Å². The standard InChI is InChI=1S/C79H86N6O16/c1-54(82-79(89)97-51-64-42-26-11-27-43-64)74(86)83-67(75(87)81-55(2)76(88)96-50-63-40-24-10-25-41-63)56(3)98-77-68(84-85-80)71(69(92-46-59-32-16-6-17-33-59)65(99-77)52-90-44-57-28-12-4-13-29-57)101-78-73(95-49-62-38-22-9-23-39-62)72(94-48-61-36-20-8-21-37-61)70(93-47-60-34-18-7-19-35-60)66(100-78)53-91-45-58-30-14-5-15-31-58/h4-43,54-56,65-73,77-78H,44-53H2,1-3H3,(H,81,87)(H,82,89)(H,83,86)/t54-,55-,56?,65+,66+,67-,68+,69-,70-,71+,72-,73+,77-,78-/m0/s1.